The molecular weight excluding hydrogens is 1290 g/mol. The summed E-state index contributed by atoms with van der Waals surface area (Å²) in [5, 5.41) is 10.6. The van der Waals surface area contributed by atoms with E-state index in [1.807, 2.05) is 0 Å². The highest BCUT2D eigenvalue weighted by molar-refractivity contribution is 7.47. The first-order valence-corrected chi connectivity index (χ1v) is 44.5. The fourth-order valence-electron chi connectivity index (χ4n) is 12.4. The number of carbonyl (C=O) groups excluding carboxylic acids is 4. The third-order valence-electron chi connectivity index (χ3n) is 18.7. The molecule has 0 spiro atoms. The lowest BCUT2D eigenvalue weighted by molar-refractivity contribution is -0.161. The average molecular weight is 1450 g/mol. The van der Waals surface area contributed by atoms with Gasteiger partial charge in [-0.05, 0) is 37.5 Å². The van der Waals surface area contributed by atoms with Gasteiger partial charge in [0, 0.05) is 25.7 Å². The minimum absolute atomic E-state index is 0.107. The maximum atomic E-state index is 13.1. The molecule has 17 nitrogen and oxygen atoms in total. The van der Waals surface area contributed by atoms with Gasteiger partial charge in [-0.25, -0.2) is 9.13 Å². The lowest BCUT2D eigenvalue weighted by Gasteiger charge is -2.21. The largest absolute Gasteiger partial charge is 0.472 e. The van der Waals surface area contributed by atoms with E-state index in [9.17, 15) is 43.2 Å². The second-order valence-corrected chi connectivity index (χ2v) is 32.7. The van der Waals surface area contributed by atoms with Crippen LogP contribution in [-0.4, -0.2) is 96.7 Å². The van der Waals surface area contributed by atoms with Crippen molar-refractivity contribution >= 4 is 39.5 Å². The number of unbranched alkanes of at least 4 members (excludes halogenated alkanes) is 49. The van der Waals surface area contributed by atoms with E-state index in [-0.39, 0.29) is 25.7 Å². The van der Waals surface area contributed by atoms with Crippen molar-refractivity contribution in [3.63, 3.8) is 0 Å². The summed E-state index contributed by atoms with van der Waals surface area (Å²) in [6, 6.07) is 0. The third kappa shape index (κ3) is 74.1. The molecule has 99 heavy (non-hydrogen) atoms. The van der Waals surface area contributed by atoms with Crippen molar-refractivity contribution in [2.24, 2.45) is 11.8 Å². The van der Waals surface area contributed by atoms with E-state index < -0.39 is 97.5 Å². The molecule has 0 saturated heterocycles. The van der Waals surface area contributed by atoms with Crippen molar-refractivity contribution in [1.82, 2.24) is 0 Å². The number of aliphatic hydroxyl groups excluding tert-OH is 1. The number of hydrogen-bond donors (Lipinski definition) is 3. The number of carbonyl (C=O) groups is 4. The maximum absolute atomic E-state index is 13.1. The SMILES string of the molecule is CCCCCCCCCCCCCCCCCCCCCCCCC(=O)O[C@H](COC(=O)CCCCCCCCCCCCC(C)C)COP(=O)(O)OC[C@@H](O)COP(=O)(O)OC[C@@H](COC(=O)CCCCCCCCCCC(C)C)OC(=O)CCCCCCCCCCCCCCC. The second-order valence-electron chi connectivity index (χ2n) is 29.8. The molecule has 0 rings (SSSR count). The molecule has 0 aromatic heterocycles. The molecule has 588 valence electrons. The van der Waals surface area contributed by atoms with E-state index >= 15 is 0 Å². The quantitative estimate of drug-likeness (QED) is 0.0222. The predicted octanol–water partition coefficient (Wildman–Crippen LogP) is 23.9. The van der Waals surface area contributed by atoms with Crippen LogP contribution < -0.4 is 0 Å². The smallest absolute Gasteiger partial charge is 0.462 e. The van der Waals surface area contributed by atoms with Crippen molar-refractivity contribution in [2.45, 2.75) is 439 Å². The Balaban J connectivity index is 5.20. The summed E-state index contributed by atoms with van der Waals surface area (Å²) in [5.74, 6) is -0.627. The first-order chi connectivity index (χ1) is 47.9. The summed E-state index contributed by atoms with van der Waals surface area (Å²) < 4.78 is 68.7. The van der Waals surface area contributed by atoms with Crippen LogP contribution in [0.25, 0.3) is 0 Å². The van der Waals surface area contributed by atoms with Crippen LogP contribution >= 0.6 is 15.6 Å². The van der Waals surface area contributed by atoms with Crippen molar-refractivity contribution < 1.29 is 80.2 Å². The van der Waals surface area contributed by atoms with Crippen molar-refractivity contribution in [1.29, 1.82) is 0 Å². The first kappa shape index (κ1) is 97.1. The van der Waals surface area contributed by atoms with E-state index in [0.29, 0.717) is 25.7 Å². The van der Waals surface area contributed by atoms with Gasteiger partial charge in [0.25, 0.3) is 0 Å². The molecule has 0 aromatic rings. The predicted molar refractivity (Wildman–Crippen MR) is 405 cm³/mol. The Bertz CT molecular complexity index is 1910. The van der Waals surface area contributed by atoms with Crippen LogP contribution in [0.15, 0.2) is 0 Å². The molecule has 3 N–H and O–H groups in total. The molecule has 0 amide bonds. The van der Waals surface area contributed by atoms with Gasteiger partial charge >= 0.3 is 39.5 Å². The fraction of sp³-hybridized carbons (Fsp3) is 0.950. The molecule has 0 bridgehead atoms. The number of rotatable bonds is 79. The monoisotopic (exact) mass is 1450 g/mol. The van der Waals surface area contributed by atoms with E-state index in [2.05, 4.69) is 41.5 Å². The van der Waals surface area contributed by atoms with Gasteiger partial charge in [-0.2, -0.15) is 0 Å². The Labute approximate surface area is 607 Å². The molecule has 0 saturated carbocycles. The zero-order valence-corrected chi connectivity index (χ0v) is 66.6. The van der Waals surface area contributed by atoms with Crippen LogP contribution in [0, 0.1) is 11.8 Å². The number of phosphoric acid groups is 2. The number of esters is 4. The Hall–Kier alpha value is -1.94. The van der Waals surface area contributed by atoms with Gasteiger partial charge < -0.3 is 33.8 Å². The maximum Gasteiger partial charge on any atom is 0.472 e. The molecule has 19 heteroatoms. The average Bonchev–Trinajstić information content (AvgIpc) is 1.01. The van der Waals surface area contributed by atoms with Gasteiger partial charge in [-0.3, -0.25) is 37.3 Å². The zero-order valence-electron chi connectivity index (χ0n) is 64.8. The van der Waals surface area contributed by atoms with Crippen LogP contribution in [0.5, 0.6) is 0 Å². The van der Waals surface area contributed by atoms with E-state index in [1.165, 1.54) is 238 Å². The highest BCUT2D eigenvalue weighted by Crippen LogP contribution is 2.45. The minimum atomic E-state index is -4.96. The number of ether oxygens (including phenoxy) is 4. The Morgan fingerprint density at radius 1 is 0.273 bits per heavy atom. The van der Waals surface area contributed by atoms with Crippen LogP contribution in [0.4, 0.5) is 0 Å². The molecule has 0 aromatic carbocycles. The van der Waals surface area contributed by atoms with E-state index in [1.54, 1.807) is 0 Å². The molecule has 5 atom stereocenters. The molecule has 0 heterocycles. The molecule has 0 fully saturated rings. The number of aliphatic hydroxyl groups is 1. The van der Waals surface area contributed by atoms with E-state index in [0.717, 1.165) is 102 Å². The Kier molecular flexibility index (Phi) is 70.3. The summed E-state index contributed by atoms with van der Waals surface area (Å²) in [5.41, 5.74) is 0. The molecule has 0 aliphatic heterocycles. The molecule has 0 radical (unpaired) electrons. The standard InChI is InChI=1S/C80H156O17P2/c1-7-9-11-13-15-17-19-21-22-23-24-25-26-27-28-29-31-33-39-47-53-59-65-80(85)96-75(68-90-77(82)62-56-50-44-37-35-34-36-42-48-54-60-72(3)4)70-94-98(86,87)92-66-74(81)67-93-99(88,89)95-71-76(69-91-78(83)63-57-51-45-41-40-43-49-55-61-73(5)6)97-79(84)64-58-52-46-38-32-30-20-18-16-14-12-10-8-2/h72-76,81H,7-71H2,1-6H3,(H,86,87)(H,88,89)/t74-,75-,76-/m1/s1. The zero-order chi connectivity index (χ0) is 72.8. The number of hydrogen-bond acceptors (Lipinski definition) is 15. The summed E-state index contributed by atoms with van der Waals surface area (Å²) in [6.45, 7) is 9.58. The van der Waals surface area contributed by atoms with Gasteiger partial charge in [-0.1, -0.05) is 369 Å². The molecule has 2 unspecified atom stereocenters. The van der Waals surface area contributed by atoms with Gasteiger partial charge in [-0.15, -0.1) is 0 Å². The highest BCUT2D eigenvalue weighted by Gasteiger charge is 2.30. The van der Waals surface area contributed by atoms with Gasteiger partial charge in [0.05, 0.1) is 26.4 Å². The topological polar surface area (TPSA) is 237 Å². The highest BCUT2D eigenvalue weighted by atomic mass is 31.2. The number of phosphoric ester groups is 2. The summed E-state index contributed by atoms with van der Waals surface area (Å²) in [6.07, 6.45) is 61.2. The lowest BCUT2D eigenvalue weighted by atomic mass is 10.0. The third-order valence-corrected chi connectivity index (χ3v) is 20.6. The van der Waals surface area contributed by atoms with Gasteiger partial charge in [0.1, 0.15) is 19.3 Å². The summed E-state index contributed by atoms with van der Waals surface area (Å²) in [4.78, 5) is 72.9. The summed E-state index contributed by atoms with van der Waals surface area (Å²) >= 11 is 0. The summed E-state index contributed by atoms with van der Waals surface area (Å²) in [7, 11) is -9.92. The van der Waals surface area contributed by atoms with Crippen LogP contribution in [0.3, 0.4) is 0 Å². The Morgan fingerprint density at radius 2 is 0.465 bits per heavy atom. The van der Waals surface area contributed by atoms with Gasteiger partial charge in [0.2, 0.25) is 0 Å². The van der Waals surface area contributed by atoms with Crippen molar-refractivity contribution in [3.05, 3.63) is 0 Å². The minimum Gasteiger partial charge on any atom is -0.462 e. The molecular formula is C80H156O17P2. The first-order valence-electron chi connectivity index (χ1n) is 41.5. The second kappa shape index (κ2) is 71.7. The lowest BCUT2D eigenvalue weighted by Crippen LogP contribution is -2.30. The van der Waals surface area contributed by atoms with Crippen LogP contribution in [0.2, 0.25) is 0 Å². The molecule has 0 aliphatic rings. The van der Waals surface area contributed by atoms with Crippen LogP contribution in [0.1, 0.15) is 420 Å². The van der Waals surface area contributed by atoms with Crippen LogP contribution in [-0.2, 0) is 65.4 Å². The van der Waals surface area contributed by atoms with Crippen molar-refractivity contribution in [3.8, 4) is 0 Å². The van der Waals surface area contributed by atoms with E-state index in [4.69, 9.17) is 37.0 Å². The van der Waals surface area contributed by atoms with Crippen molar-refractivity contribution in [2.75, 3.05) is 39.6 Å². The normalized spacial score (nSPS) is 13.9. The fourth-order valence-corrected chi connectivity index (χ4v) is 13.9. The Morgan fingerprint density at radius 3 is 0.687 bits per heavy atom. The molecule has 0 aliphatic carbocycles. The van der Waals surface area contributed by atoms with Gasteiger partial charge in [0.15, 0.2) is 12.2 Å².